The van der Waals surface area contributed by atoms with Gasteiger partial charge in [0.15, 0.2) is 0 Å². The van der Waals surface area contributed by atoms with Crippen LogP contribution in [0.5, 0.6) is 11.5 Å². The molecule has 0 aliphatic carbocycles. The van der Waals surface area contributed by atoms with Crippen LogP contribution in [0.1, 0.15) is 74.3 Å². The van der Waals surface area contributed by atoms with Gasteiger partial charge in [0, 0.05) is 56.7 Å². The summed E-state index contributed by atoms with van der Waals surface area (Å²) in [4.78, 5) is 32.6. The minimum absolute atomic E-state index is 0.0337. The van der Waals surface area contributed by atoms with Crippen molar-refractivity contribution >= 4 is 46.6 Å². The molecule has 4 heterocycles. The zero-order valence-electron chi connectivity index (χ0n) is 39.8. The summed E-state index contributed by atoms with van der Waals surface area (Å²) in [5, 5.41) is 50.0. The maximum Gasteiger partial charge on any atom is 0.321 e. The predicted octanol–water partition coefficient (Wildman–Crippen LogP) is 8.17. The average Bonchev–Trinajstić information content (AvgIpc) is 3.36. The molecule has 4 aliphatic rings. The van der Waals surface area contributed by atoms with E-state index in [0.29, 0.717) is 66.6 Å². The number of aliphatic hydroxyl groups is 4. The molecule has 4 amide bonds. The summed E-state index contributed by atoms with van der Waals surface area (Å²) in [5.41, 5.74) is 0.712. The number of ether oxygens (including phenoxy) is 2. The van der Waals surface area contributed by atoms with Crippen LogP contribution in [0.15, 0.2) is 84.9 Å². The molecular formula is C52H66Cl2F2N6O8. The van der Waals surface area contributed by atoms with Gasteiger partial charge in [-0.2, -0.15) is 0 Å². The Labute approximate surface area is 419 Å². The lowest BCUT2D eigenvalue weighted by atomic mass is 9.84. The lowest BCUT2D eigenvalue weighted by molar-refractivity contribution is -0.113. The Morgan fingerprint density at radius 1 is 0.586 bits per heavy atom. The van der Waals surface area contributed by atoms with Crippen LogP contribution >= 0.6 is 23.2 Å². The van der Waals surface area contributed by atoms with E-state index in [1.165, 1.54) is 16.0 Å². The summed E-state index contributed by atoms with van der Waals surface area (Å²) in [6, 6.07) is 23.4. The summed E-state index contributed by atoms with van der Waals surface area (Å²) < 4.78 is 37.2. The van der Waals surface area contributed by atoms with Gasteiger partial charge in [-0.1, -0.05) is 47.5 Å². The Balaban J connectivity index is 0.000000206. The third-order valence-electron chi connectivity index (χ3n) is 14.6. The molecule has 6 N–H and O–H groups in total. The van der Waals surface area contributed by atoms with Crippen LogP contribution in [0.3, 0.4) is 0 Å². The van der Waals surface area contributed by atoms with E-state index >= 15 is 0 Å². The van der Waals surface area contributed by atoms with Gasteiger partial charge in [0.1, 0.15) is 23.1 Å². The van der Waals surface area contributed by atoms with E-state index in [1.807, 2.05) is 24.3 Å². The van der Waals surface area contributed by atoms with Gasteiger partial charge in [-0.15, -0.1) is 0 Å². The number of urea groups is 2. The number of amides is 4. The van der Waals surface area contributed by atoms with Gasteiger partial charge in [-0.3, -0.25) is 0 Å². The number of carbonyl (C=O) groups is 2. The molecule has 0 radical (unpaired) electrons. The molecule has 18 heteroatoms. The summed E-state index contributed by atoms with van der Waals surface area (Å²) in [6.07, 6.45) is 3.29. The van der Waals surface area contributed by atoms with Gasteiger partial charge in [-0.25, -0.2) is 18.4 Å². The van der Waals surface area contributed by atoms with E-state index < -0.39 is 41.1 Å². The molecule has 0 bridgehead atoms. The summed E-state index contributed by atoms with van der Waals surface area (Å²) >= 11 is 11.9. The predicted molar refractivity (Wildman–Crippen MR) is 267 cm³/mol. The van der Waals surface area contributed by atoms with E-state index in [9.17, 15) is 38.8 Å². The Morgan fingerprint density at radius 3 is 1.34 bits per heavy atom. The average molecular weight is 1010 g/mol. The Bertz CT molecular complexity index is 2320. The number of anilines is 2. The van der Waals surface area contributed by atoms with Crippen LogP contribution in [0.25, 0.3) is 0 Å². The van der Waals surface area contributed by atoms with Gasteiger partial charge in [-0.05, 0) is 155 Å². The Kier molecular flexibility index (Phi) is 18.3. The van der Waals surface area contributed by atoms with Gasteiger partial charge in [0.2, 0.25) is 0 Å². The molecule has 4 aromatic rings. The monoisotopic (exact) mass is 1010 g/mol. The van der Waals surface area contributed by atoms with E-state index in [1.54, 1.807) is 37.3 Å². The number of methoxy groups -OCH3 is 2. The topological polar surface area (TPSA) is 171 Å². The number of nitrogens with one attached hydrogen (secondary N) is 2. The summed E-state index contributed by atoms with van der Waals surface area (Å²) in [5.74, 6) is 1.11. The molecule has 4 aliphatic heterocycles. The molecule has 14 nitrogen and oxygen atoms in total. The van der Waals surface area contributed by atoms with Crippen molar-refractivity contribution in [2.45, 2.75) is 86.6 Å². The third kappa shape index (κ3) is 14.0. The number of aliphatic hydroxyl groups excluding tert-OH is 2. The zero-order chi connectivity index (χ0) is 50.0. The number of carbonyl (C=O) groups excluding carboxylic acids is 2. The molecule has 2 unspecified atom stereocenters. The zero-order valence-corrected chi connectivity index (χ0v) is 41.4. The van der Waals surface area contributed by atoms with Crippen LogP contribution in [-0.4, -0.2) is 155 Å². The molecule has 4 fully saturated rings. The first-order valence-corrected chi connectivity index (χ1v) is 24.8. The highest BCUT2D eigenvalue weighted by Crippen LogP contribution is 2.34. The van der Waals surface area contributed by atoms with Crippen LogP contribution in [0.4, 0.5) is 29.7 Å². The minimum atomic E-state index is -1.28. The molecule has 0 saturated carbocycles. The van der Waals surface area contributed by atoms with Gasteiger partial charge in [0.25, 0.3) is 0 Å². The van der Waals surface area contributed by atoms with Crippen molar-refractivity contribution < 1.29 is 48.3 Å². The number of rotatable bonds is 12. The first kappa shape index (κ1) is 53.0. The van der Waals surface area contributed by atoms with E-state index in [2.05, 4.69) is 44.7 Å². The van der Waals surface area contributed by atoms with Crippen molar-refractivity contribution in [3.05, 3.63) is 118 Å². The Morgan fingerprint density at radius 2 is 0.971 bits per heavy atom. The van der Waals surface area contributed by atoms with Crippen molar-refractivity contribution in [1.29, 1.82) is 0 Å². The number of likely N-dealkylation sites (tertiary alicyclic amines) is 4. The quantitative estimate of drug-likeness (QED) is 0.0814. The number of piperidine rings is 4. The molecule has 8 rings (SSSR count). The smallest absolute Gasteiger partial charge is 0.321 e. The fourth-order valence-corrected chi connectivity index (χ4v) is 10.2. The van der Waals surface area contributed by atoms with Crippen LogP contribution in [0, 0.1) is 11.6 Å². The SMILES string of the molecule is COc1ccc(C2CCN(CC(O)C3(O)CCN(C(=O)Nc4cc(F)cc(F)c4)CC3)CC2)cc1.COc1ccc(C2CCN(CC(O)C3(O)CCN(C(=O)Nc4ccc(Cl)c(Cl)c4)CC3)CC2)cc1. The van der Waals surface area contributed by atoms with Crippen LogP contribution in [0.2, 0.25) is 10.0 Å². The van der Waals surface area contributed by atoms with Crippen LogP contribution in [-0.2, 0) is 0 Å². The summed E-state index contributed by atoms with van der Waals surface area (Å²) in [6.45, 7) is 5.42. The van der Waals surface area contributed by atoms with E-state index in [-0.39, 0.29) is 37.6 Å². The second-order valence-corrected chi connectivity index (χ2v) is 19.9. The molecule has 380 valence electrons. The van der Waals surface area contributed by atoms with Crippen molar-refractivity contribution in [2.24, 2.45) is 0 Å². The van der Waals surface area contributed by atoms with Crippen molar-refractivity contribution in [1.82, 2.24) is 19.6 Å². The maximum atomic E-state index is 13.4. The minimum Gasteiger partial charge on any atom is -0.497 e. The first-order chi connectivity index (χ1) is 33.5. The molecule has 70 heavy (non-hydrogen) atoms. The number of hydrogen-bond donors (Lipinski definition) is 6. The molecule has 4 saturated heterocycles. The second-order valence-electron chi connectivity index (χ2n) is 19.1. The maximum absolute atomic E-state index is 13.4. The number of halogens is 4. The number of nitrogens with zero attached hydrogens (tertiary/aromatic N) is 4. The van der Waals surface area contributed by atoms with Gasteiger partial charge < -0.3 is 60.1 Å². The normalized spacial score (nSPS) is 19.9. The van der Waals surface area contributed by atoms with Crippen molar-refractivity contribution in [3.8, 4) is 11.5 Å². The Hall–Kier alpha value is -4.78. The second kappa shape index (κ2) is 24.1. The molecule has 4 aromatic carbocycles. The largest absolute Gasteiger partial charge is 0.497 e. The van der Waals surface area contributed by atoms with Crippen molar-refractivity contribution in [3.63, 3.8) is 0 Å². The summed E-state index contributed by atoms with van der Waals surface area (Å²) in [7, 11) is 3.32. The molecule has 0 spiro atoms. The van der Waals surface area contributed by atoms with Crippen molar-refractivity contribution in [2.75, 3.05) is 90.3 Å². The first-order valence-electron chi connectivity index (χ1n) is 24.1. The molecular weight excluding hydrogens is 946 g/mol. The fraction of sp³-hybridized carbons (Fsp3) is 0.500. The van der Waals surface area contributed by atoms with Crippen LogP contribution < -0.4 is 20.1 Å². The van der Waals surface area contributed by atoms with Gasteiger partial charge >= 0.3 is 12.1 Å². The molecule has 0 aromatic heterocycles. The van der Waals surface area contributed by atoms with Gasteiger partial charge in [0.05, 0.1) is 47.7 Å². The lowest BCUT2D eigenvalue weighted by Gasteiger charge is -2.43. The highest BCUT2D eigenvalue weighted by Gasteiger charge is 2.42. The van der Waals surface area contributed by atoms with E-state index in [0.717, 1.165) is 81.6 Å². The lowest BCUT2D eigenvalue weighted by Crippen LogP contribution is -2.56. The molecule has 2 atom stereocenters. The highest BCUT2D eigenvalue weighted by molar-refractivity contribution is 6.42. The number of hydrogen-bond acceptors (Lipinski definition) is 10. The third-order valence-corrected chi connectivity index (χ3v) is 15.3. The highest BCUT2D eigenvalue weighted by atomic mass is 35.5. The van der Waals surface area contributed by atoms with E-state index in [4.69, 9.17) is 32.7 Å². The fourth-order valence-electron chi connectivity index (χ4n) is 9.94. The number of benzene rings is 4. The number of β-amino-alcohol motifs (C(OH)–C–C–N with tert-alkyl or cyclic N) is 2. The standard InChI is InChI=1S/C26H33Cl2N3O4.C26H33F2N3O4/c1-35-21-5-2-18(3-6-21)19-8-12-30(13-9-19)17-24(32)26(34)10-14-31(15-11-26)25(33)29-20-4-7-22(27)23(28)16-20;1-35-23-4-2-18(3-5-23)19-6-10-30(11-7-19)17-24(32)26(34)8-12-31(13-9-26)25(33)29-22-15-20(27)14-21(28)16-22/h2-7,16,19,24,32,34H,8-15,17H2,1H3,(H,29,33);2-5,14-16,19,24,32,34H,6-13,17H2,1H3,(H,29,33).